The summed E-state index contributed by atoms with van der Waals surface area (Å²) in [5.74, 6) is 0. The van der Waals surface area contributed by atoms with Crippen LogP contribution in [0.5, 0.6) is 0 Å². The molecule has 4 heteroatoms. The second kappa shape index (κ2) is 7.27. The molecule has 2 nitrogen and oxygen atoms in total. The number of benzene rings is 1. The maximum absolute atomic E-state index is 9.03. The molecule has 0 saturated heterocycles. The van der Waals surface area contributed by atoms with Gasteiger partial charge in [0.05, 0.1) is 11.6 Å². The smallest absolute Gasteiger partial charge is 0.0550 e. The van der Waals surface area contributed by atoms with Gasteiger partial charge in [0.25, 0.3) is 0 Å². The average molecular weight is 274 g/mol. The van der Waals surface area contributed by atoms with Gasteiger partial charge in [-0.25, -0.2) is 0 Å². The van der Waals surface area contributed by atoms with Crippen LogP contribution >= 0.6 is 23.4 Å². The normalized spacial score (nSPS) is 14.6. The van der Waals surface area contributed by atoms with E-state index in [9.17, 15) is 0 Å². The predicted molar refractivity (Wildman–Crippen MR) is 75.9 cm³/mol. The number of aliphatic hydroxyl groups excluding tert-OH is 1. The summed E-state index contributed by atoms with van der Waals surface area (Å²) in [7, 11) is 0. The van der Waals surface area contributed by atoms with Gasteiger partial charge in [-0.3, -0.25) is 0 Å². The van der Waals surface area contributed by atoms with E-state index in [0.29, 0.717) is 6.04 Å². The zero-order valence-corrected chi connectivity index (χ0v) is 12.1. The van der Waals surface area contributed by atoms with Gasteiger partial charge in [-0.05, 0) is 31.2 Å². The summed E-state index contributed by atoms with van der Waals surface area (Å²) in [6.45, 7) is 7.30. The highest BCUT2D eigenvalue weighted by molar-refractivity contribution is 8.00. The van der Waals surface area contributed by atoms with Crippen LogP contribution in [0.1, 0.15) is 32.4 Å². The molecule has 0 aromatic heterocycles. The number of halogens is 1. The van der Waals surface area contributed by atoms with Gasteiger partial charge in [0.15, 0.2) is 0 Å². The number of thioether (sulfide) groups is 1. The van der Waals surface area contributed by atoms with Crippen LogP contribution in [-0.2, 0) is 0 Å². The van der Waals surface area contributed by atoms with Crippen molar-refractivity contribution >= 4 is 23.4 Å². The Morgan fingerprint density at radius 2 is 2.12 bits per heavy atom. The van der Waals surface area contributed by atoms with Crippen molar-refractivity contribution in [2.24, 2.45) is 0 Å². The zero-order chi connectivity index (χ0) is 12.8. The topological polar surface area (TPSA) is 32.3 Å². The summed E-state index contributed by atoms with van der Waals surface area (Å²) < 4.78 is 0. The molecular formula is C13H20ClNOS. The summed E-state index contributed by atoms with van der Waals surface area (Å²) in [5.41, 5.74) is 1.19. The highest BCUT2D eigenvalue weighted by Gasteiger charge is 2.10. The molecule has 0 radical (unpaired) electrons. The lowest BCUT2D eigenvalue weighted by Crippen LogP contribution is -2.17. The van der Waals surface area contributed by atoms with Gasteiger partial charge in [-0.1, -0.05) is 31.5 Å². The average Bonchev–Trinajstić information content (AvgIpc) is 2.31. The Hall–Kier alpha value is -0.220. The van der Waals surface area contributed by atoms with Crippen LogP contribution in [0.3, 0.4) is 0 Å². The lowest BCUT2D eigenvalue weighted by atomic mass is 10.1. The van der Waals surface area contributed by atoms with Gasteiger partial charge in [0, 0.05) is 16.2 Å². The minimum Gasteiger partial charge on any atom is -0.395 e. The maximum Gasteiger partial charge on any atom is 0.0550 e. The Morgan fingerprint density at radius 3 is 2.65 bits per heavy atom. The fourth-order valence-electron chi connectivity index (χ4n) is 1.56. The van der Waals surface area contributed by atoms with E-state index in [1.165, 1.54) is 5.56 Å². The van der Waals surface area contributed by atoms with E-state index in [1.54, 1.807) is 11.8 Å². The van der Waals surface area contributed by atoms with Crippen LogP contribution < -0.4 is 5.32 Å². The molecule has 2 atom stereocenters. The lowest BCUT2D eigenvalue weighted by Gasteiger charge is -2.15. The Kier molecular flexibility index (Phi) is 6.34. The van der Waals surface area contributed by atoms with Crippen molar-refractivity contribution < 1.29 is 5.11 Å². The lowest BCUT2D eigenvalue weighted by molar-refractivity contribution is 0.300. The van der Waals surface area contributed by atoms with Crippen LogP contribution in [0.4, 0.5) is 0 Å². The summed E-state index contributed by atoms with van der Waals surface area (Å²) >= 11 is 7.85. The molecule has 0 amide bonds. The largest absolute Gasteiger partial charge is 0.395 e. The molecule has 1 aromatic rings. The number of nitrogens with one attached hydrogen (secondary N) is 1. The molecule has 0 aliphatic heterocycles. The first-order valence-electron chi connectivity index (χ1n) is 5.88. The maximum atomic E-state index is 9.03. The fraction of sp³-hybridized carbons (Fsp3) is 0.538. The van der Waals surface area contributed by atoms with E-state index in [4.69, 9.17) is 16.7 Å². The van der Waals surface area contributed by atoms with Gasteiger partial charge in [-0.15, -0.1) is 11.8 Å². The van der Waals surface area contributed by atoms with Crippen molar-refractivity contribution in [1.29, 1.82) is 0 Å². The van der Waals surface area contributed by atoms with Crippen molar-refractivity contribution in [3.05, 3.63) is 28.8 Å². The molecular weight excluding hydrogens is 254 g/mol. The molecule has 0 bridgehead atoms. The third kappa shape index (κ3) is 4.51. The summed E-state index contributed by atoms with van der Waals surface area (Å²) in [6.07, 6.45) is 0. The zero-order valence-electron chi connectivity index (χ0n) is 10.5. The van der Waals surface area contributed by atoms with E-state index in [-0.39, 0.29) is 11.9 Å². The number of aliphatic hydroxyl groups is 1. The van der Waals surface area contributed by atoms with Crippen LogP contribution in [0.15, 0.2) is 23.1 Å². The van der Waals surface area contributed by atoms with E-state index in [1.807, 2.05) is 19.1 Å². The minimum absolute atomic E-state index is 0.163. The monoisotopic (exact) mass is 273 g/mol. The molecule has 2 unspecified atom stereocenters. The standard InChI is InChI=1S/C13H20ClNOS/c1-4-15-10(3)11-5-6-13(12(14)7-11)17-9(2)8-16/h5-7,9-10,15-16H,4,8H2,1-3H3. The second-order valence-electron chi connectivity index (χ2n) is 4.08. The summed E-state index contributed by atoms with van der Waals surface area (Å²) in [6, 6.07) is 6.43. The number of hydrogen-bond acceptors (Lipinski definition) is 3. The van der Waals surface area contributed by atoms with Gasteiger partial charge in [0.1, 0.15) is 0 Å². The Labute approximate surface area is 113 Å². The van der Waals surface area contributed by atoms with Gasteiger partial charge >= 0.3 is 0 Å². The third-order valence-electron chi connectivity index (χ3n) is 2.55. The SMILES string of the molecule is CCNC(C)c1ccc(SC(C)CO)c(Cl)c1. The molecule has 0 saturated carbocycles. The summed E-state index contributed by atoms with van der Waals surface area (Å²) in [5, 5.41) is 13.3. The molecule has 17 heavy (non-hydrogen) atoms. The van der Waals surface area contributed by atoms with Gasteiger partial charge in [0.2, 0.25) is 0 Å². The highest BCUT2D eigenvalue weighted by atomic mass is 35.5. The highest BCUT2D eigenvalue weighted by Crippen LogP contribution is 2.32. The quantitative estimate of drug-likeness (QED) is 0.779. The molecule has 0 aliphatic rings. The molecule has 0 aliphatic carbocycles. The van der Waals surface area contributed by atoms with Crippen LogP contribution in [-0.4, -0.2) is 23.5 Å². The van der Waals surface area contributed by atoms with E-state index in [0.717, 1.165) is 16.5 Å². The van der Waals surface area contributed by atoms with Crippen molar-refractivity contribution in [1.82, 2.24) is 5.32 Å². The first-order valence-corrected chi connectivity index (χ1v) is 7.14. The van der Waals surface area contributed by atoms with Crippen molar-refractivity contribution in [3.63, 3.8) is 0 Å². The van der Waals surface area contributed by atoms with Crippen molar-refractivity contribution in [2.75, 3.05) is 13.2 Å². The first-order chi connectivity index (χ1) is 8.08. The van der Waals surface area contributed by atoms with E-state index >= 15 is 0 Å². The molecule has 0 spiro atoms. The predicted octanol–water partition coefficient (Wildman–Crippen LogP) is 3.48. The van der Waals surface area contributed by atoms with Crippen LogP contribution in [0, 0.1) is 0 Å². The molecule has 96 valence electrons. The van der Waals surface area contributed by atoms with Crippen molar-refractivity contribution in [3.8, 4) is 0 Å². The first kappa shape index (κ1) is 14.8. The van der Waals surface area contributed by atoms with Crippen LogP contribution in [0.25, 0.3) is 0 Å². The number of rotatable bonds is 6. The Balaban J connectivity index is 2.78. The van der Waals surface area contributed by atoms with Crippen LogP contribution in [0.2, 0.25) is 5.02 Å². The van der Waals surface area contributed by atoms with Gasteiger partial charge in [-0.2, -0.15) is 0 Å². The second-order valence-corrected chi connectivity index (χ2v) is 5.97. The van der Waals surface area contributed by atoms with Gasteiger partial charge < -0.3 is 10.4 Å². The fourth-order valence-corrected chi connectivity index (χ4v) is 2.71. The summed E-state index contributed by atoms with van der Waals surface area (Å²) in [4.78, 5) is 1.03. The molecule has 1 aromatic carbocycles. The number of hydrogen-bond donors (Lipinski definition) is 2. The third-order valence-corrected chi connectivity index (χ3v) is 4.14. The Morgan fingerprint density at radius 1 is 1.41 bits per heavy atom. The Bertz CT molecular complexity index is 359. The molecule has 1 rings (SSSR count). The van der Waals surface area contributed by atoms with E-state index in [2.05, 4.69) is 25.2 Å². The van der Waals surface area contributed by atoms with E-state index < -0.39 is 0 Å². The minimum atomic E-state index is 0.163. The molecule has 0 fully saturated rings. The molecule has 0 heterocycles. The van der Waals surface area contributed by atoms with Crippen molar-refractivity contribution in [2.45, 2.75) is 37.0 Å². The molecule has 2 N–H and O–H groups in total.